The molecular weight excluding hydrogens is 370 g/mol. The van der Waals surface area contributed by atoms with Crippen molar-refractivity contribution in [1.29, 1.82) is 0 Å². The highest BCUT2D eigenvalue weighted by atomic mass is 35.5. The maximum atomic E-state index is 12.1. The van der Waals surface area contributed by atoms with Gasteiger partial charge in [0.25, 0.3) is 5.91 Å². The van der Waals surface area contributed by atoms with Crippen LogP contribution in [0.5, 0.6) is 0 Å². The van der Waals surface area contributed by atoms with Crippen molar-refractivity contribution < 1.29 is 14.3 Å². The van der Waals surface area contributed by atoms with Gasteiger partial charge < -0.3 is 10.1 Å². The summed E-state index contributed by atoms with van der Waals surface area (Å²) in [6.07, 6.45) is 1.44. The highest BCUT2D eigenvalue weighted by molar-refractivity contribution is 6.34. The summed E-state index contributed by atoms with van der Waals surface area (Å²) < 4.78 is 6.51. The number of nitrogens with one attached hydrogen (secondary N) is 1. The molecule has 138 valence electrons. The first-order chi connectivity index (χ1) is 12.9. The second-order valence-corrected chi connectivity index (χ2v) is 6.27. The summed E-state index contributed by atoms with van der Waals surface area (Å²) >= 11 is 6.16. The van der Waals surface area contributed by atoms with E-state index < -0.39 is 18.5 Å². The summed E-state index contributed by atoms with van der Waals surface area (Å²) in [4.78, 5) is 24.2. The molecule has 27 heavy (non-hydrogen) atoms. The minimum atomic E-state index is -0.611. The molecule has 0 unspecified atom stereocenters. The SMILES string of the molecule is Cc1cc(C)c(NC(=O)COC(=O)c2ccc(-n3cnnn3)cc2)c(Cl)c1. The molecule has 0 spiro atoms. The first-order valence-corrected chi connectivity index (χ1v) is 8.39. The lowest BCUT2D eigenvalue weighted by molar-refractivity contribution is -0.119. The molecule has 9 heteroatoms. The molecule has 3 aromatic rings. The fraction of sp³-hybridized carbons (Fsp3) is 0.167. The molecule has 2 aromatic carbocycles. The van der Waals surface area contributed by atoms with Crippen molar-refractivity contribution >= 4 is 29.2 Å². The third kappa shape index (κ3) is 4.48. The minimum Gasteiger partial charge on any atom is -0.452 e. The van der Waals surface area contributed by atoms with Gasteiger partial charge in [0, 0.05) is 0 Å². The largest absolute Gasteiger partial charge is 0.452 e. The number of carbonyl (C=O) groups is 2. The van der Waals surface area contributed by atoms with Gasteiger partial charge in [-0.2, -0.15) is 0 Å². The molecule has 0 atom stereocenters. The van der Waals surface area contributed by atoms with Crippen LogP contribution < -0.4 is 5.32 Å². The Morgan fingerprint density at radius 1 is 1.19 bits per heavy atom. The molecule has 0 radical (unpaired) electrons. The maximum Gasteiger partial charge on any atom is 0.338 e. The van der Waals surface area contributed by atoms with Gasteiger partial charge in [0.2, 0.25) is 0 Å². The molecule has 0 aliphatic rings. The lowest BCUT2D eigenvalue weighted by Crippen LogP contribution is -2.21. The van der Waals surface area contributed by atoms with Gasteiger partial charge in [-0.3, -0.25) is 4.79 Å². The zero-order chi connectivity index (χ0) is 19.4. The number of hydrogen-bond acceptors (Lipinski definition) is 6. The van der Waals surface area contributed by atoms with Gasteiger partial charge >= 0.3 is 5.97 Å². The van der Waals surface area contributed by atoms with Crippen LogP contribution in [0.4, 0.5) is 5.69 Å². The van der Waals surface area contributed by atoms with Crippen LogP contribution in [0.1, 0.15) is 21.5 Å². The number of ether oxygens (including phenoxy) is 1. The Morgan fingerprint density at radius 3 is 2.56 bits per heavy atom. The molecule has 0 bridgehead atoms. The molecule has 0 fully saturated rings. The van der Waals surface area contributed by atoms with Crippen LogP contribution in [-0.2, 0) is 9.53 Å². The molecule has 0 saturated carbocycles. The van der Waals surface area contributed by atoms with Gasteiger partial charge in [0.1, 0.15) is 6.33 Å². The second kappa shape index (κ2) is 7.96. The Morgan fingerprint density at radius 2 is 1.93 bits per heavy atom. The summed E-state index contributed by atoms with van der Waals surface area (Å²) in [5.41, 5.74) is 3.34. The maximum absolute atomic E-state index is 12.1. The normalized spacial score (nSPS) is 10.5. The molecule has 0 aliphatic carbocycles. The number of aromatic nitrogens is 4. The minimum absolute atomic E-state index is 0.309. The fourth-order valence-electron chi connectivity index (χ4n) is 2.49. The topological polar surface area (TPSA) is 99.0 Å². The third-order valence-electron chi connectivity index (χ3n) is 3.75. The predicted molar refractivity (Wildman–Crippen MR) is 99.0 cm³/mol. The molecule has 0 aliphatic heterocycles. The van der Waals surface area contributed by atoms with Crippen molar-refractivity contribution in [3.05, 3.63) is 64.4 Å². The van der Waals surface area contributed by atoms with E-state index in [1.165, 1.54) is 11.0 Å². The Bertz CT molecular complexity index is 948. The number of halogens is 1. The Hall–Kier alpha value is -3.26. The van der Waals surface area contributed by atoms with Crippen molar-refractivity contribution in [1.82, 2.24) is 20.2 Å². The van der Waals surface area contributed by atoms with E-state index in [-0.39, 0.29) is 0 Å². The van der Waals surface area contributed by atoms with E-state index in [4.69, 9.17) is 16.3 Å². The quantitative estimate of drug-likeness (QED) is 0.678. The van der Waals surface area contributed by atoms with E-state index in [1.54, 1.807) is 30.3 Å². The van der Waals surface area contributed by atoms with E-state index in [1.807, 2.05) is 19.9 Å². The first kappa shape index (κ1) is 18.5. The standard InChI is InChI=1S/C18H16ClN5O3/c1-11-7-12(2)17(15(19)8-11)21-16(25)9-27-18(26)13-3-5-14(6-4-13)24-10-20-22-23-24/h3-8,10H,9H2,1-2H3,(H,21,25). The number of anilines is 1. The van der Waals surface area contributed by atoms with E-state index >= 15 is 0 Å². The molecular formula is C18H16ClN5O3. The smallest absolute Gasteiger partial charge is 0.338 e. The average Bonchev–Trinajstić information content (AvgIpc) is 3.17. The van der Waals surface area contributed by atoms with Crippen molar-refractivity contribution in [2.75, 3.05) is 11.9 Å². The lowest BCUT2D eigenvalue weighted by atomic mass is 10.1. The zero-order valence-corrected chi connectivity index (χ0v) is 15.4. The number of tetrazole rings is 1. The number of amides is 1. The number of nitrogens with zero attached hydrogens (tertiary/aromatic N) is 4. The second-order valence-electron chi connectivity index (χ2n) is 5.86. The molecule has 1 N–H and O–H groups in total. The van der Waals surface area contributed by atoms with E-state index in [0.29, 0.717) is 22.0 Å². The molecule has 1 heterocycles. The first-order valence-electron chi connectivity index (χ1n) is 8.01. The summed E-state index contributed by atoms with van der Waals surface area (Å²) in [6, 6.07) is 10.1. The average molecular weight is 386 g/mol. The van der Waals surface area contributed by atoms with Crippen molar-refractivity contribution in [3.63, 3.8) is 0 Å². The number of hydrogen-bond donors (Lipinski definition) is 1. The molecule has 3 rings (SSSR count). The number of esters is 1. The van der Waals surface area contributed by atoms with Crippen LogP contribution in [-0.4, -0.2) is 38.7 Å². The van der Waals surface area contributed by atoms with Crippen LogP contribution in [0.2, 0.25) is 5.02 Å². The van der Waals surface area contributed by atoms with Crippen molar-refractivity contribution in [2.24, 2.45) is 0 Å². The molecule has 8 nitrogen and oxygen atoms in total. The van der Waals surface area contributed by atoms with Gasteiger partial charge in [-0.1, -0.05) is 17.7 Å². The predicted octanol–water partition coefficient (Wildman–Crippen LogP) is 2.73. The van der Waals surface area contributed by atoms with Gasteiger partial charge in [-0.15, -0.1) is 5.10 Å². The summed E-state index contributed by atoms with van der Waals surface area (Å²) in [6.45, 7) is 3.33. The van der Waals surface area contributed by atoms with Crippen LogP contribution >= 0.6 is 11.6 Å². The fourth-order valence-corrected chi connectivity index (χ4v) is 2.86. The third-order valence-corrected chi connectivity index (χ3v) is 4.05. The number of benzene rings is 2. The molecule has 1 aromatic heterocycles. The Balaban J connectivity index is 1.58. The van der Waals surface area contributed by atoms with Gasteiger partial charge in [0.05, 0.1) is 22.0 Å². The van der Waals surface area contributed by atoms with Crippen molar-refractivity contribution in [2.45, 2.75) is 13.8 Å². The highest BCUT2D eigenvalue weighted by Gasteiger charge is 2.13. The van der Waals surface area contributed by atoms with Gasteiger partial charge in [-0.05, 0) is 65.7 Å². The molecule has 0 saturated heterocycles. The summed E-state index contributed by atoms with van der Waals surface area (Å²) in [5, 5.41) is 13.9. The zero-order valence-electron chi connectivity index (χ0n) is 14.6. The Labute approximate surface area is 160 Å². The van der Waals surface area contributed by atoms with Gasteiger partial charge in [0.15, 0.2) is 6.61 Å². The summed E-state index contributed by atoms with van der Waals surface area (Å²) in [5.74, 6) is -1.08. The van der Waals surface area contributed by atoms with E-state index in [2.05, 4.69) is 20.8 Å². The number of rotatable bonds is 5. The Kier molecular flexibility index (Phi) is 5.46. The van der Waals surface area contributed by atoms with Crippen LogP contribution in [0.15, 0.2) is 42.7 Å². The van der Waals surface area contributed by atoms with Crippen LogP contribution in [0.3, 0.4) is 0 Å². The highest BCUT2D eigenvalue weighted by Crippen LogP contribution is 2.27. The van der Waals surface area contributed by atoms with Gasteiger partial charge in [-0.25, -0.2) is 9.48 Å². The lowest BCUT2D eigenvalue weighted by Gasteiger charge is -2.12. The molecule has 1 amide bonds. The number of aryl methyl sites for hydroxylation is 2. The van der Waals surface area contributed by atoms with E-state index in [9.17, 15) is 9.59 Å². The van der Waals surface area contributed by atoms with Crippen LogP contribution in [0.25, 0.3) is 5.69 Å². The number of carbonyl (C=O) groups excluding carboxylic acids is 2. The monoisotopic (exact) mass is 385 g/mol. The summed E-state index contributed by atoms with van der Waals surface area (Å²) in [7, 11) is 0. The van der Waals surface area contributed by atoms with Crippen molar-refractivity contribution in [3.8, 4) is 5.69 Å². The van der Waals surface area contributed by atoms with Crippen LogP contribution in [0, 0.1) is 13.8 Å². The van der Waals surface area contributed by atoms with E-state index in [0.717, 1.165) is 11.1 Å².